The van der Waals surface area contributed by atoms with Gasteiger partial charge in [-0.3, -0.25) is 0 Å². The van der Waals surface area contributed by atoms with Gasteiger partial charge < -0.3 is 5.11 Å². The van der Waals surface area contributed by atoms with Crippen molar-refractivity contribution in [2.75, 3.05) is 0 Å². The molecule has 1 fully saturated rings. The predicted octanol–water partition coefficient (Wildman–Crippen LogP) is 2.06. The molecule has 0 bridgehead atoms. The molecule has 2 atom stereocenters. The van der Waals surface area contributed by atoms with Crippen molar-refractivity contribution in [2.24, 2.45) is 0 Å². The first-order valence-corrected chi connectivity index (χ1v) is 7.92. The van der Waals surface area contributed by atoms with E-state index in [1.54, 1.807) is 0 Å². The van der Waals surface area contributed by atoms with E-state index in [4.69, 9.17) is 11.6 Å². The average molecular weight is 308 g/mol. The minimum absolute atomic E-state index is 0.133. The molecule has 1 aliphatic rings. The average Bonchev–Trinajstić information content (AvgIpc) is 2.31. The van der Waals surface area contributed by atoms with Crippen LogP contribution in [-0.2, 0) is 10.0 Å². The monoisotopic (exact) mass is 307 g/mol. The van der Waals surface area contributed by atoms with Crippen molar-refractivity contribution in [1.29, 1.82) is 0 Å². The van der Waals surface area contributed by atoms with Crippen LogP contribution in [0.25, 0.3) is 0 Å². The van der Waals surface area contributed by atoms with Gasteiger partial charge in [-0.2, -0.15) is 0 Å². The number of rotatable bonds is 3. The van der Waals surface area contributed by atoms with Crippen LogP contribution in [0.5, 0.6) is 0 Å². The fourth-order valence-electron chi connectivity index (χ4n) is 2.20. The van der Waals surface area contributed by atoms with Crippen molar-refractivity contribution < 1.29 is 17.9 Å². The maximum absolute atomic E-state index is 13.6. The van der Waals surface area contributed by atoms with Gasteiger partial charge in [0.25, 0.3) is 0 Å². The van der Waals surface area contributed by atoms with Crippen molar-refractivity contribution in [3.8, 4) is 0 Å². The highest BCUT2D eigenvalue weighted by Crippen LogP contribution is 2.23. The fourth-order valence-corrected chi connectivity index (χ4v) is 3.73. The molecule has 1 aromatic rings. The van der Waals surface area contributed by atoms with Gasteiger partial charge in [0.2, 0.25) is 10.0 Å². The second-order valence-electron chi connectivity index (χ2n) is 4.65. The zero-order valence-corrected chi connectivity index (χ0v) is 11.7. The number of hydrogen-bond donors (Lipinski definition) is 2. The molecule has 2 rings (SSSR count). The van der Waals surface area contributed by atoms with Gasteiger partial charge in [-0.05, 0) is 31.0 Å². The Morgan fingerprint density at radius 3 is 2.63 bits per heavy atom. The van der Waals surface area contributed by atoms with Crippen LogP contribution in [-0.4, -0.2) is 25.7 Å². The van der Waals surface area contributed by atoms with Crippen LogP contribution in [0.2, 0.25) is 5.02 Å². The Kier molecular flexibility index (Phi) is 4.45. The Hall–Kier alpha value is -0.690. The summed E-state index contributed by atoms with van der Waals surface area (Å²) < 4.78 is 40.1. The number of aliphatic hydroxyl groups is 1. The minimum Gasteiger partial charge on any atom is -0.391 e. The number of sulfonamides is 1. The first kappa shape index (κ1) is 14.7. The Morgan fingerprint density at radius 2 is 2.00 bits per heavy atom. The van der Waals surface area contributed by atoms with E-state index in [0.29, 0.717) is 12.8 Å². The Balaban J connectivity index is 2.22. The van der Waals surface area contributed by atoms with Crippen LogP contribution < -0.4 is 4.72 Å². The highest BCUT2D eigenvalue weighted by molar-refractivity contribution is 7.89. The summed E-state index contributed by atoms with van der Waals surface area (Å²) in [6.07, 6.45) is 2.09. The van der Waals surface area contributed by atoms with E-state index in [2.05, 4.69) is 4.72 Å². The molecule has 0 amide bonds. The predicted molar refractivity (Wildman–Crippen MR) is 70.0 cm³/mol. The molecule has 0 saturated heterocycles. The smallest absolute Gasteiger partial charge is 0.243 e. The van der Waals surface area contributed by atoms with Crippen molar-refractivity contribution in [3.63, 3.8) is 0 Å². The molecule has 1 aromatic carbocycles. The molecular formula is C12H15ClFNO3S. The second-order valence-corrected chi connectivity index (χ2v) is 6.77. The molecule has 1 aliphatic carbocycles. The highest BCUT2D eigenvalue weighted by Gasteiger charge is 2.29. The molecule has 0 aliphatic heterocycles. The third-order valence-corrected chi connectivity index (χ3v) is 4.98. The molecule has 0 aromatic heterocycles. The molecule has 0 spiro atoms. The zero-order chi connectivity index (χ0) is 14.0. The van der Waals surface area contributed by atoms with Gasteiger partial charge >= 0.3 is 0 Å². The van der Waals surface area contributed by atoms with E-state index in [9.17, 15) is 17.9 Å². The molecule has 19 heavy (non-hydrogen) atoms. The van der Waals surface area contributed by atoms with Gasteiger partial charge in [0, 0.05) is 11.1 Å². The fraction of sp³-hybridized carbons (Fsp3) is 0.500. The summed E-state index contributed by atoms with van der Waals surface area (Å²) >= 11 is 5.59. The molecule has 1 saturated carbocycles. The molecule has 0 heterocycles. The van der Waals surface area contributed by atoms with Gasteiger partial charge in [-0.1, -0.05) is 24.4 Å². The Bertz CT molecular complexity index is 564. The summed E-state index contributed by atoms with van der Waals surface area (Å²) in [5, 5.41) is 9.88. The highest BCUT2D eigenvalue weighted by atomic mass is 35.5. The minimum atomic E-state index is -3.98. The van der Waals surface area contributed by atoms with E-state index in [-0.39, 0.29) is 5.02 Å². The summed E-state index contributed by atoms with van der Waals surface area (Å²) in [4.78, 5) is -0.449. The molecular weight excluding hydrogens is 293 g/mol. The number of aliphatic hydroxyl groups excluding tert-OH is 1. The van der Waals surface area contributed by atoms with Crippen molar-refractivity contribution in [1.82, 2.24) is 4.72 Å². The van der Waals surface area contributed by atoms with Gasteiger partial charge in [-0.15, -0.1) is 0 Å². The topological polar surface area (TPSA) is 66.4 Å². The standard InChI is InChI=1S/C12H15ClFNO3S/c13-8-5-6-12(9(14)7-8)19(17,18)15-10-3-1-2-4-11(10)16/h5-7,10-11,15-16H,1-4H2/t10-,11-/m1/s1. The first-order chi connectivity index (χ1) is 8.90. The summed E-state index contributed by atoms with van der Waals surface area (Å²) in [7, 11) is -3.98. The quantitative estimate of drug-likeness (QED) is 0.898. The summed E-state index contributed by atoms with van der Waals surface area (Å²) in [6.45, 7) is 0. The lowest BCUT2D eigenvalue weighted by Crippen LogP contribution is -2.45. The van der Waals surface area contributed by atoms with Gasteiger partial charge in [0.05, 0.1) is 6.10 Å². The molecule has 2 N–H and O–H groups in total. The first-order valence-electron chi connectivity index (χ1n) is 6.05. The zero-order valence-electron chi connectivity index (χ0n) is 10.1. The van der Waals surface area contributed by atoms with Crippen LogP contribution in [0.4, 0.5) is 4.39 Å². The molecule has 4 nitrogen and oxygen atoms in total. The van der Waals surface area contributed by atoms with Gasteiger partial charge in [0.15, 0.2) is 0 Å². The SMILES string of the molecule is O=S(=O)(N[C@@H]1CCCC[C@H]1O)c1ccc(Cl)cc1F. The maximum atomic E-state index is 13.6. The van der Waals surface area contributed by atoms with E-state index in [0.717, 1.165) is 25.0 Å². The summed E-state index contributed by atoms with van der Waals surface area (Å²) in [5.41, 5.74) is 0. The lowest BCUT2D eigenvalue weighted by atomic mass is 9.93. The molecule has 0 unspecified atom stereocenters. The summed E-state index contributed by atoms with van der Waals surface area (Å²) in [6, 6.07) is 2.83. The lowest BCUT2D eigenvalue weighted by Gasteiger charge is -2.28. The number of hydrogen-bond acceptors (Lipinski definition) is 3. The molecule has 7 heteroatoms. The van der Waals surface area contributed by atoms with Crippen molar-refractivity contribution in [3.05, 3.63) is 29.0 Å². The Morgan fingerprint density at radius 1 is 1.32 bits per heavy atom. The van der Waals surface area contributed by atoms with Crippen molar-refractivity contribution >= 4 is 21.6 Å². The van der Waals surface area contributed by atoms with Gasteiger partial charge in [-0.25, -0.2) is 17.5 Å². The van der Waals surface area contributed by atoms with Gasteiger partial charge in [0.1, 0.15) is 10.7 Å². The Labute approximate surface area is 116 Å². The van der Waals surface area contributed by atoms with E-state index in [1.807, 2.05) is 0 Å². The largest absolute Gasteiger partial charge is 0.391 e. The normalized spacial score (nSPS) is 24.4. The maximum Gasteiger partial charge on any atom is 0.243 e. The van der Waals surface area contributed by atoms with Crippen LogP contribution in [0, 0.1) is 5.82 Å². The second kappa shape index (κ2) is 5.75. The third kappa shape index (κ3) is 3.45. The summed E-state index contributed by atoms with van der Waals surface area (Å²) in [5.74, 6) is -0.898. The lowest BCUT2D eigenvalue weighted by molar-refractivity contribution is 0.101. The van der Waals surface area contributed by atoms with Crippen LogP contribution in [0.3, 0.4) is 0 Å². The molecule has 0 radical (unpaired) electrons. The van der Waals surface area contributed by atoms with E-state index in [1.165, 1.54) is 6.07 Å². The van der Waals surface area contributed by atoms with Crippen molar-refractivity contribution in [2.45, 2.75) is 42.7 Å². The third-order valence-electron chi connectivity index (χ3n) is 3.22. The van der Waals surface area contributed by atoms with E-state index >= 15 is 0 Å². The van der Waals surface area contributed by atoms with Crippen LogP contribution in [0.1, 0.15) is 25.7 Å². The van der Waals surface area contributed by atoms with Crippen LogP contribution >= 0.6 is 11.6 Å². The van der Waals surface area contributed by atoms with E-state index < -0.39 is 32.9 Å². The number of halogens is 2. The molecule has 106 valence electrons. The number of benzene rings is 1. The number of nitrogens with one attached hydrogen (secondary N) is 1. The van der Waals surface area contributed by atoms with Crippen LogP contribution in [0.15, 0.2) is 23.1 Å².